The Morgan fingerprint density at radius 1 is 0.975 bits per heavy atom. The van der Waals surface area contributed by atoms with E-state index in [9.17, 15) is 14.7 Å². The standard InChI is InChI=1S/C29H21ClN6O3S/c30-19-10-13-22-24(16-19)40-29(33-22)31-20-11-8-18(9-12-20)25-34-35-26-21(7-4-14-36(25)26)27(37)32-23(28(38)39)15-17-5-2-1-3-6-17/h1-14,16,23H,15H2,(H,31,33)(H,32,37)(H,38,39)/t23-/m0/s1. The molecule has 0 saturated heterocycles. The highest BCUT2D eigenvalue weighted by molar-refractivity contribution is 7.22. The summed E-state index contributed by atoms with van der Waals surface area (Å²) in [6.07, 6.45) is 1.92. The molecule has 0 aliphatic carbocycles. The summed E-state index contributed by atoms with van der Waals surface area (Å²) in [6.45, 7) is 0. The van der Waals surface area contributed by atoms with Crippen LogP contribution in [0.15, 0.2) is 91.1 Å². The topological polar surface area (TPSA) is 122 Å². The highest BCUT2D eigenvalue weighted by atomic mass is 35.5. The molecule has 11 heteroatoms. The van der Waals surface area contributed by atoms with E-state index in [1.54, 1.807) is 22.7 Å². The lowest BCUT2D eigenvalue weighted by molar-refractivity contribution is -0.139. The van der Waals surface area contributed by atoms with Crippen LogP contribution in [0.25, 0.3) is 27.3 Å². The Labute approximate surface area is 237 Å². The van der Waals surface area contributed by atoms with Gasteiger partial charge in [0.1, 0.15) is 6.04 Å². The zero-order chi connectivity index (χ0) is 27.6. The van der Waals surface area contributed by atoms with Crippen molar-refractivity contribution in [2.45, 2.75) is 12.5 Å². The van der Waals surface area contributed by atoms with Gasteiger partial charge in [-0.05, 0) is 60.2 Å². The van der Waals surface area contributed by atoms with Crippen LogP contribution in [0.3, 0.4) is 0 Å². The zero-order valence-electron chi connectivity index (χ0n) is 20.8. The summed E-state index contributed by atoms with van der Waals surface area (Å²) >= 11 is 7.60. The van der Waals surface area contributed by atoms with Gasteiger partial charge in [0.15, 0.2) is 16.6 Å². The van der Waals surface area contributed by atoms with Gasteiger partial charge in [-0.25, -0.2) is 9.78 Å². The summed E-state index contributed by atoms with van der Waals surface area (Å²) in [5.41, 5.74) is 3.88. The summed E-state index contributed by atoms with van der Waals surface area (Å²) < 4.78 is 2.71. The highest BCUT2D eigenvalue weighted by Gasteiger charge is 2.23. The predicted molar refractivity (Wildman–Crippen MR) is 155 cm³/mol. The van der Waals surface area contributed by atoms with E-state index in [2.05, 4.69) is 25.8 Å². The van der Waals surface area contributed by atoms with Crippen LogP contribution in [-0.2, 0) is 11.2 Å². The number of benzene rings is 3. The first-order chi connectivity index (χ1) is 19.4. The Morgan fingerprint density at radius 2 is 1.77 bits per heavy atom. The number of aliphatic carboxylic acids is 1. The van der Waals surface area contributed by atoms with Gasteiger partial charge in [-0.3, -0.25) is 9.20 Å². The third-order valence-corrected chi connectivity index (χ3v) is 7.48. The molecular weight excluding hydrogens is 548 g/mol. The number of nitrogens with one attached hydrogen (secondary N) is 2. The number of carboxylic acid groups (broad SMARTS) is 1. The minimum absolute atomic E-state index is 0.161. The van der Waals surface area contributed by atoms with E-state index in [1.807, 2.05) is 72.8 Å². The number of halogens is 1. The molecule has 0 fully saturated rings. The van der Waals surface area contributed by atoms with Crippen LogP contribution >= 0.6 is 22.9 Å². The highest BCUT2D eigenvalue weighted by Crippen LogP contribution is 2.31. The molecule has 3 aromatic heterocycles. The van der Waals surface area contributed by atoms with Gasteiger partial charge in [0, 0.05) is 28.9 Å². The smallest absolute Gasteiger partial charge is 0.326 e. The Hall–Kier alpha value is -4.80. The van der Waals surface area contributed by atoms with E-state index < -0.39 is 17.9 Å². The number of carbonyl (C=O) groups is 2. The largest absolute Gasteiger partial charge is 0.480 e. The summed E-state index contributed by atoms with van der Waals surface area (Å²) in [7, 11) is 0. The van der Waals surface area contributed by atoms with Crippen LogP contribution in [0.5, 0.6) is 0 Å². The summed E-state index contributed by atoms with van der Waals surface area (Å²) in [5, 5.41) is 25.6. The lowest BCUT2D eigenvalue weighted by atomic mass is 10.1. The van der Waals surface area contributed by atoms with Crippen molar-refractivity contribution in [1.82, 2.24) is 24.9 Å². The van der Waals surface area contributed by atoms with Gasteiger partial charge in [-0.15, -0.1) is 10.2 Å². The lowest BCUT2D eigenvalue weighted by Gasteiger charge is -2.15. The predicted octanol–water partition coefficient (Wildman–Crippen LogP) is 5.83. The number of thiazole rings is 1. The molecule has 6 rings (SSSR count). The van der Waals surface area contributed by atoms with E-state index in [-0.39, 0.29) is 12.0 Å². The van der Waals surface area contributed by atoms with E-state index in [0.717, 1.165) is 32.2 Å². The van der Waals surface area contributed by atoms with Gasteiger partial charge in [0.05, 0.1) is 15.8 Å². The molecule has 3 heterocycles. The summed E-state index contributed by atoms with van der Waals surface area (Å²) in [4.78, 5) is 29.6. The molecule has 3 aromatic carbocycles. The van der Waals surface area contributed by atoms with Gasteiger partial charge >= 0.3 is 5.97 Å². The maximum Gasteiger partial charge on any atom is 0.326 e. The van der Waals surface area contributed by atoms with Crippen molar-refractivity contribution in [2.75, 3.05) is 5.32 Å². The van der Waals surface area contributed by atoms with E-state index in [1.165, 1.54) is 11.3 Å². The summed E-state index contributed by atoms with van der Waals surface area (Å²) in [6, 6.07) is 24.6. The number of nitrogens with zero attached hydrogens (tertiary/aromatic N) is 4. The number of amides is 1. The van der Waals surface area contributed by atoms with Crippen LogP contribution in [0, 0.1) is 0 Å². The Morgan fingerprint density at radius 3 is 2.55 bits per heavy atom. The molecule has 3 N–H and O–H groups in total. The summed E-state index contributed by atoms with van der Waals surface area (Å²) in [5.74, 6) is -1.11. The van der Waals surface area contributed by atoms with Crippen LogP contribution in [0.2, 0.25) is 5.02 Å². The van der Waals surface area contributed by atoms with Crippen molar-refractivity contribution < 1.29 is 14.7 Å². The SMILES string of the molecule is O=C(N[C@@H](Cc1ccccc1)C(=O)O)c1cccn2c(-c3ccc(Nc4nc5ccc(Cl)cc5s4)cc3)nnc12. The molecule has 6 aromatic rings. The normalized spacial score (nSPS) is 11.9. The Balaban J connectivity index is 1.21. The van der Waals surface area contributed by atoms with Crippen molar-refractivity contribution in [3.05, 3.63) is 107 Å². The molecule has 40 heavy (non-hydrogen) atoms. The molecule has 1 atom stereocenters. The first kappa shape index (κ1) is 25.5. The monoisotopic (exact) mass is 568 g/mol. The number of carbonyl (C=O) groups excluding carboxylic acids is 1. The molecule has 1 amide bonds. The maximum absolute atomic E-state index is 13.1. The molecule has 9 nitrogen and oxygen atoms in total. The molecule has 0 spiro atoms. The fraction of sp³-hybridized carbons (Fsp3) is 0.0690. The zero-order valence-corrected chi connectivity index (χ0v) is 22.4. The molecule has 0 saturated carbocycles. The third-order valence-electron chi connectivity index (χ3n) is 6.31. The quantitative estimate of drug-likeness (QED) is 0.211. The molecule has 0 aliphatic heterocycles. The third kappa shape index (κ3) is 5.22. The van der Waals surface area contributed by atoms with E-state index >= 15 is 0 Å². The van der Waals surface area contributed by atoms with Gasteiger partial charge in [0.2, 0.25) is 0 Å². The van der Waals surface area contributed by atoms with Crippen LogP contribution in [-0.4, -0.2) is 42.6 Å². The van der Waals surface area contributed by atoms with E-state index in [4.69, 9.17) is 11.6 Å². The Kier molecular flexibility index (Phi) is 6.85. The first-order valence-electron chi connectivity index (χ1n) is 12.3. The van der Waals surface area contributed by atoms with Crippen molar-refractivity contribution in [2.24, 2.45) is 0 Å². The molecule has 198 valence electrons. The van der Waals surface area contributed by atoms with Gasteiger partial charge in [0.25, 0.3) is 5.91 Å². The molecule has 0 aliphatic rings. The van der Waals surface area contributed by atoms with Crippen LogP contribution < -0.4 is 10.6 Å². The fourth-order valence-electron chi connectivity index (χ4n) is 4.35. The average molecular weight is 569 g/mol. The Bertz CT molecular complexity index is 1850. The minimum atomic E-state index is -1.12. The number of anilines is 2. The molecule has 0 unspecified atom stereocenters. The van der Waals surface area contributed by atoms with Gasteiger partial charge in [-0.2, -0.15) is 0 Å². The molecule has 0 radical (unpaired) electrons. The van der Waals surface area contributed by atoms with Crippen molar-refractivity contribution in [1.29, 1.82) is 0 Å². The second-order valence-corrected chi connectivity index (χ2v) is 10.5. The molecule has 0 bridgehead atoms. The second-order valence-electron chi connectivity index (χ2n) is 9.03. The first-order valence-corrected chi connectivity index (χ1v) is 13.5. The van der Waals surface area contributed by atoms with Crippen molar-refractivity contribution in [3.8, 4) is 11.4 Å². The number of carboxylic acids is 1. The molecular formula is C29H21ClN6O3S. The number of rotatable bonds is 8. The number of aromatic nitrogens is 4. The van der Waals surface area contributed by atoms with E-state index in [0.29, 0.717) is 16.5 Å². The van der Waals surface area contributed by atoms with Crippen molar-refractivity contribution in [3.63, 3.8) is 0 Å². The van der Waals surface area contributed by atoms with Gasteiger partial charge in [-0.1, -0.05) is 53.3 Å². The minimum Gasteiger partial charge on any atom is -0.480 e. The second kappa shape index (κ2) is 10.8. The van der Waals surface area contributed by atoms with Crippen molar-refractivity contribution >= 4 is 61.5 Å². The number of hydrogen-bond acceptors (Lipinski definition) is 7. The lowest BCUT2D eigenvalue weighted by Crippen LogP contribution is -2.42. The number of hydrogen-bond donors (Lipinski definition) is 3. The fourth-order valence-corrected chi connectivity index (χ4v) is 5.52. The van der Waals surface area contributed by atoms with Gasteiger partial charge < -0.3 is 15.7 Å². The maximum atomic E-state index is 13.1. The number of pyridine rings is 1. The number of fused-ring (bicyclic) bond motifs is 2. The van der Waals surface area contributed by atoms with Crippen LogP contribution in [0.1, 0.15) is 15.9 Å². The van der Waals surface area contributed by atoms with Crippen LogP contribution in [0.4, 0.5) is 10.8 Å². The average Bonchev–Trinajstić information content (AvgIpc) is 3.57.